The normalized spacial score (nSPS) is 10.8. The lowest BCUT2D eigenvalue weighted by atomic mass is 10.1. The van der Waals surface area contributed by atoms with E-state index in [2.05, 4.69) is 42.2 Å². The number of benzene rings is 2. The van der Waals surface area contributed by atoms with Crippen LogP contribution in [0.1, 0.15) is 5.56 Å². The Morgan fingerprint density at radius 1 is 1.10 bits per heavy atom. The zero-order valence-electron chi connectivity index (χ0n) is 10.9. The Hall–Kier alpha value is -1.46. The second-order valence-corrected chi connectivity index (χ2v) is 6.39. The standard InChI is InChI=1S/C16H11Br2FN2/c17-12-6-10-2-1-3-15(16(10)21-9-12)20-8-11-7-13(19)4-5-14(11)18/h1-7,9,20H,8H2. The van der Waals surface area contributed by atoms with E-state index in [-0.39, 0.29) is 5.82 Å². The third kappa shape index (κ3) is 3.24. The fraction of sp³-hybridized carbons (Fsp3) is 0.0625. The summed E-state index contributed by atoms with van der Waals surface area (Å²) >= 11 is 6.85. The molecule has 3 aromatic rings. The van der Waals surface area contributed by atoms with Crippen molar-refractivity contribution < 1.29 is 4.39 Å². The summed E-state index contributed by atoms with van der Waals surface area (Å²) in [5, 5.41) is 4.37. The fourth-order valence-corrected chi connectivity index (χ4v) is 2.88. The summed E-state index contributed by atoms with van der Waals surface area (Å²) in [7, 11) is 0. The first-order valence-corrected chi connectivity index (χ1v) is 7.94. The Kier molecular flexibility index (Phi) is 4.22. The zero-order valence-corrected chi connectivity index (χ0v) is 14.1. The van der Waals surface area contributed by atoms with E-state index < -0.39 is 0 Å². The van der Waals surface area contributed by atoms with E-state index >= 15 is 0 Å². The predicted octanol–water partition coefficient (Wildman–Crippen LogP) is 5.51. The van der Waals surface area contributed by atoms with E-state index in [4.69, 9.17) is 0 Å². The van der Waals surface area contributed by atoms with Crippen LogP contribution in [0.25, 0.3) is 10.9 Å². The summed E-state index contributed by atoms with van der Waals surface area (Å²) in [5.74, 6) is -0.241. The highest BCUT2D eigenvalue weighted by Crippen LogP contribution is 2.25. The Bertz CT molecular complexity index is 805. The minimum absolute atomic E-state index is 0.241. The number of fused-ring (bicyclic) bond motifs is 1. The molecule has 0 bridgehead atoms. The van der Waals surface area contributed by atoms with E-state index in [1.165, 1.54) is 12.1 Å². The van der Waals surface area contributed by atoms with Crippen molar-refractivity contribution in [3.05, 3.63) is 69.0 Å². The average Bonchev–Trinajstić information content (AvgIpc) is 2.47. The molecule has 2 aromatic carbocycles. The second kappa shape index (κ2) is 6.12. The molecule has 1 heterocycles. The summed E-state index contributed by atoms with van der Waals surface area (Å²) in [5.41, 5.74) is 2.69. The highest BCUT2D eigenvalue weighted by molar-refractivity contribution is 9.10. The van der Waals surface area contributed by atoms with E-state index in [0.29, 0.717) is 6.54 Å². The third-order valence-electron chi connectivity index (χ3n) is 3.15. The van der Waals surface area contributed by atoms with Crippen LogP contribution in [0.3, 0.4) is 0 Å². The smallest absolute Gasteiger partial charge is 0.123 e. The molecule has 0 spiro atoms. The maximum absolute atomic E-state index is 13.3. The number of hydrogen-bond donors (Lipinski definition) is 1. The van der Waals surface area contributed by atoms with Crippen molar-refractivity contribution in [2.45, 2.75) is 6.54 Å². The van der Waals surface area contributed by atoms with Crippen LogP contribution in [-0.4, -0.2) is 4.98 Å². The van der Waals surface area contributed by atoms with E-state index in [0.717, 1.165) is 31.1 Å². The maximum atomic E-state index is 13.3. The van der Waals surface area contributed by atoms with Gasteiger partial charge in [-0.15, -0.1) is 0 Å². The molecule has 0 aliphatic heterocycles. The van der Waals surface area contributed by atoms with Crippen LogP contribution in [0.2, 0.25) is 0 Å². The van der Waals surface area contributed by atoms with Crippen molar-refractivity contribution in [3.63, 3.8) is 0 Å². The first kappa shape index (κ1) is 14.5. The van der Waals surface area contributed by atoms with E-state index in [1.807, 2.05) is 24.3 Å². The van der Waals surface area contributed by atoms with Gasteiger partial charge in [0.2, 0.25) is 0 Å². The van der Waals surface area contributed by atoms with Crippen LogP contribution in [0.5, 0.6) is 0 Å². The van der Waals surface area contributed by atoms with Crippen molar-refractivity contribution in [2.24, 2.45) is 0 Å². The quantitative estimate of drug-likeness (QED) is 0.616. The predicted molar refractivity (Wildman–Crippen MR) is 90.9 cm³/mol. The molecule has 0 atom stereocenters. The Morgan fingerprint density at radius 3 is 2.81 bits per heavy atom. The average molecular weight is 410 g/mol. The molecule has 0 radical (unpaired) electrons. The van der Waals surface area contributed by atoms with Crippen molar-refractivity contribution >= 4 is 48.5 Å². The minimum atomic E-state index is -0.241. The third-order valence-corrected chi connectivity index (χ3v) is 4.36. The molecule has 106 valence electrons. The van der Waals surface area contributed by atoms with Crippen LogP contribution >= 0.6 is 31.9 Å². The maximum Gasteiger partial charge on any atom is 0.123 e. The number of para-hydroxylation sites is 1. The van der Waals surface area contributed by atoms with Gasteiger partial charge in [0, 0.05) is 27.1 Å². The van der Waals surface area contributed by atoms with Crippen LogP contribution < -0.4 is 5.32 Å². The van der Waals surface area contributed by atoms with Gasteiger partial charge in [-0.3, -0.25) is 4.98 Å². The van der Waals surface area contributed by atoms with Crippen molar-refractivity contribution in [3.8, 4) is 0 Å². The molecular formula is C16H11Br2FN2. The lowest BCUT2D eigenvalue weighted by Crippen LogP contribution is -2.02. The minimum Gasteiger partial charge on any atom is -0.379 e. The Morgan fingerprint density at radius 2 is 1.95 bits per heavy atom. The van der Waals surface area contributed by atoms with Gasteiger partial charge in [0.05, 0.1) is 11.2 Å². The number of pyridine rings is 1. The Balaban J connectivity index is 1.90. The number of rotatable bonds is 3. The summed E-state index contributed by atoms with van der Waals surface area (Å²) in [6.45, 7) is 0.523. The highest BCUT2D eigenvalue weighted by atomic mass is 79.9. The number of anilines is 1. The van der Waals surface area contributed by atoms with Crippen molar-refractivity contribution in [1.82, 2.24) is 4.98 Å². The van der Waals surface area contributed by atoms with Gasteiger partial charge in [-0.1, -0.05) is 28.1 Å². The zero-order chi connectivity index (χ0) is 14.8. The van der Waals surface area contributed by atoms with Crippen LogP contribution in [0.4, 0.5) is 10.1 Å². The van der Waals surface area contributed by atoms with Gasteiger partial charge in [-0.05, 0) is 51.8 Å². The molecule has 0 saturated carbocycles. The monoisotopic (exact) mass is 408 g/mol. The summed E-state index contributed by atoms with van der Waals surface area (Å²) < 4.78 is 15.1. The topological polar surface area (TPSA) is 24.9 Å². The molecule has 0 aliphatic carbocycles. The molecule has 0 saturated heterocycles. The van der Waals surface area contributed by atoms with Crippen LogP contribution in [0.15, 0.2) is 57.6 Å². The van der Waals surface area contributed by atoms with E-state index in [1.54, 1.807) is 12.3 Å². The van der Waals surface area contributed by atoms with Gasteiger partial charge in [0.15, 0.2) is 0 Å². The van der Waals surface area contributed by atoms with Crippen molar-refractivity contribution in [2.75, 3.05) is 5.32 Å². The SMILES string of the molecule is Fc1ccc(Br)c(CNc2cccc3cc(Br)cnc23)c1. The molecule has 0 aliphatic rings. The van der Waals surface area contributed by atoms with Gasteiger partial charge in [0.1, 0.15) is 5.82 Å². The lowest BCUT2D eigenvalue weighted by molar-refractivity contribution is 0.625. The van der Waals surface area contributed by atoms with Gasteiger partial charge in [0.25, 0.3) is 0 Å². The molecule has 0 unspecified atom stereocenters. The van der Waals surface area contributed by atoms with Gasteiger partial charge in [-0.25, -0.2) is 4.39 Å². The second-order valence-electron chi connectivity index (χ2n) is 4.62. The number of aromatic nitrogens is 1. The number of nitrogens with zero attached hydrogens (tertiary/aromatic N) is 1. The number of nitrogens with one attached hydrogen (secondary N) is 1. The molecule has 1 N–H and O–H groups in total. The molecule has 21 heavy (non-hydrogen) atoms. The molecular weight excluding hydrogens is 399 g/mol. The first-order valence-electron chi connectivity index (χ1n) is 6.35. The summed E-state index contributed by atoms with van der Waals surface area (Å²) in [6.07, 6.45) is 1.77. The molecule has 0 amide bonds. The molecule has 5 heteroatoms. The highest BCUT2D eigenvalue weighted by Gasteiger charge is 2.05. The van der Waals surface area contributed by atoms with E-state index in [9.17, 15) is 4.39 Å². The summed E-state index contributed by atoms with van der Waals surface area (Å²) in [4.78, 5) is 4.44. The molecule has 1 aromatic heterocycles. The largest absolute Gasteiger partial charge is 0.379 e. The van der Waals surface area contributed by atoms with Crippen LogP contribution in [0, 0.1) is 5.82 Å². The van der Waals surface area contributed by atoms with Crippen LogP contribution in [-0.2, 0) is 6.54 Å². The Labute approximate surface area is 138 Å². The van der Waals surface area contributed by atoms with Gasteiger partial charge in [-0.2, -0.15) is 0 Å². The van der Waals surface area contributed by atoms with Crippen molar-refractivity contribution in [1.29, 1.82) is 0 Å². The van der Waals surface area contributed by atoms with Gasteiger partial charge < -0.3 is 5.32 Å². The van der Waals surface area contributed by atoms with Gasteiger partial charge >= 0.3 is 0 Å². The number of hydrogen-bond acceptors (Lipinski definition) is 2. The first-order chi connectivity index (χ1) is 10.1. The molecule has 2 nitrogen and oxygen atoms in total. The molecule has 0 fully saturated rings. The fourth-order valence-electron chi connectivity index (χ4n) is 2.15. The number of halogens is 3. The lowest BCUT2D eigenvalue weighted by Gasteiger charge is -2.10. The molecule has 3 rings (SSSR count). The summed E-state index contributed by atoms with van der Waals surface area (Å²) in [6, 6.07) is 12.6.